The molecule has 0 radical (unpaired) electrons. The third kappa shape index (κ3) is 1.14. The summed E-state index contributed by atoms with van der Waals surface area (Å²) < 4.78 is 0. The number of fused-ring (bicyclic) bond motifs is 1. The summed E-state index contributed by atoms with van der Waals surface area (Å²) in [5, 5.41) is 0. The molecule has 60 valence electrons. The van der Waals surface area contributed by atoms with Crippen LogP contribution in [0, 0.1) is 0 Å². The van der Waals surface area contributed by atoms with Crippen LogP contribution < -0.4 is 0 Å². The molecule has 0 bridgehead atoms. The number of rotatable bonds is 0. The summed E-state index contributed by atoms with van der Waals surface area (Å²) in [5.74, 6) is 0. The van der Waals surface area contributed by atoms with Crippen LogP contribution in [0.25, 0.3) is 0 Å². The molecule has 2 aliphatic rings. The smallest absolute Gasteiger partial charge is 0.0478 e. The summed E-state index contributed by atoms with van der Waals surface area (Å²) in [5.41, 5.74) is 2.37. The van der Waals surface area contributed by atoms with Crippen LogP contribution in [0.1, 0.15) is 6.42 Å². The van der Waals surface area contributed by atoms with Gasteiger partial charge in [-0.25, -0.2) is 0 Å². The lowest BCUT2D eigenvalue weighted by molar-refractivity contribution is 0.619. The lowest BCUT2D eigenvalue weighted by Crippen LogP contribution is -2.13. The molecule has 0 unspecified atom stereocenters. The molecular weight excluding hydrogens is 146 g/mol. The van der Waals surface area contributed by atoms with Crippen molar-refractivity contribution < 1.29 is 0 Å². The first-order chi connectivity index (χ1) is 5.88. The third-order valence-electron chi connectivity index (χ3n) is 1.99. The van der Waals surface area contributed by atoms with Crippen LogP contribution in [0.4, 0.5) is 0 Å². The topological polar surface area (TPSA) is 3.24 Å². The first kappa shape index (κ1) is 7.17. The van der Waals surface area contributed by atoms with Gasteiger partial charge in [0.25, 0.3) is 0 Å². The van der Waals surface area contributed by atoms with Crippen LogP contribution in [0.2, 0.25) is 0 Å². The predicted octanol–water partition coefficient (Wildman–Crippen LogP) is 2.73. The molecule has 0 amide bonds. The van der Waals surface area contributed by atoms with Gasteiger partial charge in [-0.2, -0.15) is 0 Å². The van der Waals surface area contributed by atoms with Crippen LogP contribution in [0.15, 0.2) is 60.6 Å². The Morgan fingerprint density at radius 2 is 2.08 bits per heavy atom. The Balaban J connectivity index is 2.43. The molecule has 2 heterocycles. The minimum Gasteiger partial charge on any atom is -0.324 e. The summed E-state index contributed by atoms with van der Waals surface area (Å²) in [6.07, 6.45) is 15.4. The van der Waals surface area contributed by atoms with Crippen LogP contribution >= 0.6 is 0 Å². The first-order valence-electron chi connectivity index (χ1n) is 4.06. The predicted molar refractivity (Wildman–Crippen MR) is 51.1 cm³/mol. The molecule has 0 saturated carbocycles. The van der Waals surface area contributed by atoms with Gasteiger partial charge in [0.1, 0.15) is 0 Å². The lowest BCUT2D eigenvalue weighted by Gasteiger charge is -2.23. The summed E-state index contributed by atoms with van der Waals surface area (Å²) in [7, 11) is 0. The Morgan fingerprint density at radius 3 is 3.00 bits per heavy atom. The van der Waals surface area contributed by atoms with Crippen molar-refractivity contribution in [2.75, 3.05) is 0 Å². The molecule has 2 rings (SSSR count). The molecule has 0 saturated heterocycles. The third-order valence-corrected chi connectivity index (χ3v) is 1.99. The second-order valence-corrected chi connectivity index (χ2v) is 2.88. The van der Waals surface area contributed by atoms with Gasteiger partial charge in [0, 0.05) is 18.1 Å². The van der Waals surface area contributed by atoms with Crippen molar-refractivity contribution in [1.29, 1.82) is 0 Å². The molecule has 1 heteroatoms. The number of nitrogens with zero attached hydrogens (tertiary/aromatic N) is 1. The summed E-state index contributed by atoms with van der Waals surface area (Å²) in [6.45, 7) is 4.01. The Morgan fingerprint density at radius 1 is 1.17 bits per heavy atom. The molecule has 0 spiro atoms. The van der Waals surface area contributed by atoms with E-state index in [0.29, 0.717) is 0 Å². The molecule has 0 atom stereocenters. The average molecular weight is 157 g/mol. The quantitative estimate of drug-likeness (QED) is 0.522. The van der Waals surface area contributed by atoms with E-state index in [1.54, 1.807) is 0 Å². The van der Waals surface area contributed by atoms with E-state index >= 15 is 0 Å². The Bertz CT molecular complexity index is 316. The van der Waals surface area contributed by atoms with Gasteiger partial charge >= 0.3 is 0 Å². The monoisotopic (exact) mass is 157 g/mol. The molecule has 0 aromatic heterocycles. The minimum absolute atomic E-state index is 0.962. The Hall–Kier alpha value is -1.50. The largest absolute Gasteiger partial charge is 0.324 e. The molecule has 0 N–H and O–H groups in total. The maximum Gasteiger partial charge on any atom is 0.0478 e. The Labute approximate surface area is 72.7 Å². The van der Waals surface area contributed by atoms with E-state index in [0.717, 1.165) is 6.42 Å². The van der Waals surface area contributed by atoms with Gasteiger partial charge in [-0.1, -0.05) is 24.8 Å². The normalized spacial score (nSPS) is 20.5. The molecule has 0 aromatic rings. The van der Waals surface area contributed by atoms with E-state index < -0.39 is 0 Å². The maximum atomic E-state index is 4.01. The zero-order chi connectivity index (χ0) is 8.39. The van der Waals surface area contributed by atoms with E-state index in [1.165, 1.54) is 11.3 Å². The van der Waals surface area contributed by atoms with E-state index in [1.807, 2.05) is 24.4 Å². The van der Waals surface area contributed by atoms with Gasteiger partial charge in [-0.05, 0) is 24.1 Å². The first-order valence-corrected chi connectivity index (χ1v) is 4.06. The van der Waals surface area contributed by atoms with Gasteiger partial charge in [-0.3, -0.25) is 0 Å². The van der Waals surface area contributed by atoms with Gasteiger partial charge in [0.2, 0.25) is 0 Å². The van der Waals surface area contributed by atoms with Crippen LogP contribution in [-0.4, -0.2) is 4.90 Å². The fourth-order valence-corrected chi connectivity index (χ4v) is 1.36. The average Bonchev–Trinajstić information content (AvgIpc) is 2.30. The van der Waals surface area contributed by atoms with E-state index in [4.69, 9.17) is 0 Å². The summed E-state index contributed by atoms with van der Waals surface area (Å²) >= 11 is 0. The maximum absolute atomic E-state index is 4.01. The fraction of sp³-hybridized carbons (Fsp3) is 0.0909. The zero-order valence-corrected chi connectivity index (χ0v) is 6.90. The second-order valence-electron chi connectivity index (χ2n) is 2.88. The van der Waals surface area contributed by atoms with Gasteiger partial charge in [0.15, 0.2) is 0 Å². The highest BCUT2D eigenvalue weighted by Gasteiger charge is 2.10. The molecule has 0 aliphatic carbocycles. The van der Waals surface area contributed by atoms with Crippen molar-refractivity contribution in [2.24, 2.45) is 0 Å². The molecule has 2 aliphatic heterocycles. The van der Waals surface area contributed by atoms with Crippen molar-refractivity contribution in [3.8, 4) is 0 Å². The van der Waals surface area contributed by atoms with Gasteiger partial charge < -0.3 is 4.90 Å². The highest BCUT2D eigenvalue weighted by Crippen LogP contribution is 2.24. The molecule has 1 nitrogen and oxygen atoms in total. The Kier molecular flexibility index (Phi) is 1.71. The van der Waals surface area contributed by atoms with Gasteiger partial charge in [0.05, 0.1) is 0 Å². The molecular formula is C11H11N. The number of hydrogen-bond donors (Lipinski definition) is 0. The van der Waals surface area contributed by atoms with Gasteiger partial charge in [-0.15, -0.1) is 0 Å². The van der Waals surface area contributed by atoms with E-state index in [2.05, 4.69) is 29.8 Å². The lowest BCUT2D eigenvalue weighted by atomic mass is 10.1. The van der Waals surface area contributed by atoms with E-state index in [-0.39, 0.29) is 0 Å². The van der Waals surface area contributed by atoms with Crippen molar-refractivity contribution in [1.82, 2.24) is 4.90 Å². The summed E-state index contributed by atoms with van der Waals surface area (Å²) in [6, 6.07) is 0. The van der Waals surface area contributed by atoms with Crippen molar-refractivity contribution >= 4 is 0 Å². The minimum atomic E-state index is 0.962. The fourth-order valence-electron chi connectivity index (χ4n) is 1.36. The summed E-state index contributed by atoms with van der Waals surface area (Å²) in [4.78, 5) is 2.09. The van der Waals surface area contributed by atoms with Crippen molar-refractivity contribution in [3.63, 3.8) is 0 Å². The SMILES string of the molecule is C=C1CC=CN2C=CC=CC=C12. The van der Waals surface area contributed by atoms with Crippen molar-refractivity contribution in [3.05, 3.63) is 60.6 Å². The standard InChI is InChI=1S/C11H11N/c1-10-6-5-9-12-8-4-2-3-7-11(10)12/h2-5,7-9H,1,6H2. The highest BCUT2D eigenvalue weighted by atomic mass is 15.1. The zero-order valence-electron chi connectivity index (χ0n) is 6.90. The second kappa shape index (κ2) is 2.86. The van der Waals surface area contributed by atoms with E-state index in [9.17, 15) is 0 Å². The van der Waals surface area contributed by atoms with Crippen molar-refractivity contribution in [2.45, 2.75) is 6.42 Å². The molecule has 0 aromatic carbocycles. The van der Waals surface area contributed by atoms with Crippen LogP contribution in [0.3, 0.4) is 0 Å². The number of hydrogen-bond acceptors (Lipinski definition) is 1. The van der Waals surface area contributed by atoms with Crippen LogP contribution in [0.5, 0.6) is 0 Å². The number of allylic oxidation sites excluding steroid dienone is 6. The molecule has 0 fully saturated rings. The highest BCUT2D eigenvalue weighted by molar-refractivity contribution is 5.39. The molecule has 12 heavy (non-hydrogen) atoms. The van der Waals surface area contributed by atoms with Crippen LogP contribution in [-0.2, 0) is 0 Å².